The van der Waals surface area contributed by atoms with Gasteiger partial charge in [-0.15, -0.1) is 0 Å². The second-order valence-electron chi connectivity index (χ2n) is 4.46. The molecule has 92 valence electrons. The summed E-state index contributed by atoms with van der Waals surface area (Å²) < 4.78 is 10.9. The van der Waals surface area contributed by atoms with E-state index in [0.29, 0.717) is 12.5 Å². The standard InChI is InChI=1S/C13H23NO2/c1-5-15-9-13-6-12(11(4)16-13)8-14-7-10(2)3/h6,10,14H,5,7-9H2,1-4H3. The van der Waals surface area contributed by atoms with Crippen molar-refractivity contribution >= 4 is 0 Å². The maximum Gasteiger partial charge on any atom is 0.130 e. The summed E-state index contributed by atoms with van der Waals surface area (Å²) in [5, 5.41) is 3.41. The monoisotopic (exact) mass is 225 g/mol. The topological polar surface area (TPSA) is 34.4 Å². The highest BCUT2D eigenvalue weighted by atomic mass is 16.5. The lowest BCUT2D eigenvalue weighted by atomic mass is 10.2. The molecule has 0 aliphatic carbocycles. The van der Waals surface area contributed by atoms with E-state index in [0.717, 1.165) is 31.2 Å². The first-order chi connectivity index (χ1) is 7.63. The van der Waals surface area contributed by atoms with Gasteiger partial charge >= 0.3 is 0 Å². The molecule has 3 heteroatoms. The van der Waals surface area contributed by atoms with Gasteiger partial charge in [0, 0.05) is 18.7 Å². The van der Waals surface area contributed by atoms with Gasteiger partial charge in [0.1, 0.15) is 18.1 Å². The summed E-state index contributed by atoms with van der Waals surface area (Å²) in [6.45, 7) is 11.6. The van der Waals surface area contributed by atoms with Crippen LogP contribution < -0.4 is 5.32 Å². The second kappa shape index (κ2) is 6.71. The first-order valence-corrected chi connectivity index (χ1v) is 6.00. The number of rotatable bonds is 7. The summed E-state index contributed by atoms with van der Waals surface area (Å²) in [7, 11) is 0. The Hall–Kier alpha value is -0.800. The van der Waals surface area contributed by atoms with Gasteiger partial charge < -0.3 is 14.5 Å². The van der Waals surface area contributed by atoms with Crippen LogP contribution in [0.2, 0.25) is 0 Å². The Bertz CT molecular complexity index is 305. The highest BCUT2D eigenvalue weighted by Gasteiger charge is 2.07. The van der Waals surface area contributed by atoms with E-state index in [1.54, 1.807) is 0 Å². The molecule has 1 aromatic heterocycles. The molecule has 1 N–H and O–H groups in total. The van der Waals surface area contributed by atoms with Gasteiger partial charge in [-0.1, -0.05) is 13.8 Å². The number of ether oxygens (including phenoxy) is 1. The Morgan fingerprint density at radius 1 is 1.44 bits per heavy atom. The predicted octanol–water partition coefficient (Wildman–Crippen LogP) is 2.87. The van der Waals surface area contributed by atoms with E-state index in [2.05, 4.69) is 25.2 Å². The molecule has 0 amide bonds. The minimum absolute atomic E-state index is 0.571. The molecule has 0 spiro atoms. The largest absolute Gasteiger partial charge is 0.464 e. The first kappa shape index (κ1) is 13.3. The van der Waals surface area contributed by atoms with Crippen LogP contribution in [0.25, 0.3) is 0 Å². The van der Waals surface area contributed by atoms with E-state index in [4.69, 9.17) is 9.15 Å². The van der Waals surface area contributed by atoms with Crippen LogP contribution in [-0.4, -0.2) is 13.2 Å². The molecule has 0 aromatic carbocycles. The van der Waals surface area contributed by atoms with Crippen molar-refractivity contribution in [1.82, 2.24) is 5.32 Å². The fourth-order valence-corrected chi connectivity index (χ4v) is 1.53. The number of hydrogen-bond acceptors (Lipinski definition) is 3. The van der Waals surface area contributed by atoms with E-state index in [-0.39, 0.29) is 0 Å². The van der Waals surface area contributed by atoms with Crippen LogP contribution in [0.1, 0.15) is 37.9 Å². The predicted molar refractivity (Wildman–Crippen MR) is 65.3 cm³/mol. The van der Waals surface area contributed by atoms with Gasteiger partial charge in [0.15, 0.2) is 0 Å². The zero-order valence-corrected chi connectivity index (χ0v) is 10.8. The molecule has 1 rings (SSSR count). The Balaban J connectivity index is 2.43. The van der Waals surface area contributed by atoms with Crippen molar-refractivity contribution in [2.24, 2.45) is 5.92 Å². The quantitative estimate of drug-likeness (QED) is 0.775. The molecule has 0 saturated heterocycles. The summed E-state index contributed by atoms with van der Waals surface area (Å²) >= 11 is 0. The molecule has 0 radical (unpaired) electrons. The van der Waals surface area contributed by atoms with Crippen LogP contribution in [0.5, 0.6) is 0 Å². The molecule has 1 heterocycles. The zero-order valence-electron chi connectivity index (χ0n) is 10.8. The third-order valence-electron chi connectivity index (χ3n) is 2.39. The molecular formula is C13H23NO2. The number of hydrogen-bond donors (Lipinski definition) is 1. The molecule has 0 fully saturated rings. The van der Waals surface area contributed by atoms with E-state index in [1.807, 2.05) is 13.8 Å². The Kier molecular flexibility index (Phi) is 5.56. The summed E-state index contributed by atoms with van der Waals surface area (Å²) in [5.41, 5.74) is 1.23. The van der Waals surface area contributed by atoms with Crippen LogP contribution in [-0.2, 0) is 17.9 Å². The highest BCUT2D eigenvalue weighted by Crippen LogP contribution is 2.15. The van der Waals surface area contributed by atoms with Crippen molar-refractivity contribution < 1.29 is 9.15 Å². The molecule has 0 bridgehead atoms. The van der Waals surface area contributed by atoms with Crippen molar-refractivity contribution in [2.45, 2.75) is 40.8 Å². The average molecular weight is 225 g/mol. The van der Waals surface area contributed by atoms with Crippen LogP contribution in [0, 0.1) is 12.8 Å². The normalized spacial score (nSPS) is 11.3. The van der Waals surface area contributed by atoms with Crippen LogP contribution in [0.15, 0.2) is 10.5 Å². The van der Waals surface area contributed by atoms with Gasteiger partial charge in [0.2, 0.25) is 0 Å². The molecule has 0 unspecified atom stereocenters. The van der Waals surface area contributed by atoms with Gasteiger partial charge in [-0.2, -0.15) is 0 Å². The number of furan rings is 1. The smallest absolute Gasteiger partial charge is 0.130 e. The van der Waals surface area contributed by atoms with Crippen molar-refractivity contribution in [3.05, 3.63) is 23.2 Å². The van der Waals surface area contributed by atoms with E-state index in [1.165, 1.54) is 5.56 Å². The third-order valence-corrected chi connectivity index (χ3v) is 2.39. The first-order valence-electron chi connectivity index (χ1n) is 6.00. The number of aryl methyl sites for hydroxylation is 1. The SMILES string of the molecule is CCOCc1cc(CNCC(C)C)c(C)o1. The molecule has 16 heavy (non-hydrogen) atoms. The Morgan fingerprint density at radius 2 is 2.19 bits per heavy atom. The van der Waals surface area contributed by atoms with Crippen molar-refractivity contribution in [3.63, 3.8) is 0 Å². The summed E-state index contributed by atoms with van der Waals surface area (Å²) in [6, 6.07) is 2.08. The van der Waals surface area contributed by atoms with E-state index >= 15 is 0 Å². The molecule has 0 aliphatic rings. The minimum atomic E-state index is 0.571. The molecule has 3 nitrogen and oxygen atoms in total. The van der Waals surface area contributed by atoms with Gasteiger partial charge in [0.25, 0.3) is 0 Å². The molecular weight excluding hydrogens is 202 g/mol. The lowest BCUT2D eigenvalue weighted by molar-refractivity contribution is 0.117. The third kappa shape index (κ3) is 4.37. The maximum atomic E-state index is 5.61. The summed E-state index contributed by atoms with van der Waals surface area (Å²) in [4.78, 5) is 0. The molecule has 0 saturated carbocycles. The van der Waals surface area contributed by atoms with Crippen molar-refractivity contribution in [1.29, 1.82) is 0 Å². The van der Waals surface area contributed by atoms with Crippen molar-refractivity contribution in [2.75, 3.05) is 13.2 Å². The van der Waals surface area contributed by atoms with Gasteiger partial charge in [-0.05, 0) is 32.4 Å². The van der Waals surface area contributed by atoms with Crippen molar-refractivity contribution in [3.8, 4) is 0 Å². The fraction of sp³-hybridized carbons (Fsp3) is 0.692. The highest BCUT2D eigenvalue weighted by molar-refractivity contribution is 5.20. The summed E-state index contributed by atoms with van der Waals surface area (Å²) in [6.07, 6.45) is 0. The van der Waals surface area contributed by atoms with Crippen LogP contribution in [0.4, 0.5) is 0 Å². The second-order valence-corrected chi connectivity index (χ2v) is 4.46. The van der Waals surface area contributed by atoms with Gasteiger partial charge in [-0.3, -0.25) is 0 Å². The van der Waals surface area contributed by atoms with E-state index < -0.39 is 0 Å². The molecule has 0 aliphatic heterocycles. The van der Waals surface area contributed by atoms with Gasteiger partial charge in [-0.25, -0.2) is 0 Å². The van der Waals surface area contributed by atoms with Crippen LogP contribution in [0.3, 0.4) is 0 Å². The minimum Gasteiger partial charge on any atom is -0.464 e. The lowest BCUT2D eigenvalue weighted by Crippen LogP contribution is -2.18. The van der Waals surface area contributed by atoms with Crippen LogP contribution >= 0.6 is 0 Å². The van der Waals surface area contributed by atoms with E-state index in [9.17, 15) is 0 Å². The Labute approximate surface area is 98.2 Å². The zero-order chi connectivity index (χ0) is 12.0. The molecule has 1 aromatic rings. The maximum absolute atomic E-state index is 5.61. The number of nitrogens with one attached hydrogen (secondary N) is 1. The Morgan fingerprint density at radius 3 is 2.81 bits per heavy atom. The summed E-state index contributed by atoms with van der Waals surface area (Å²) in [5.74, 6) is 2.58. The van der Waals surface area contributed by atoms with Gasteiger partial charge in [0.05, 0.1) is 0 Å². The molecule has 0 atom stereocenters. The average Bonchev–Trinajstić information content (AvgIpc) is 2.56. The lowest BCUT2D eigenvalue weighted by Gasteiger charge is -2.05. The fourth-order valence-electron chi connectivity index (χ4n) is 1.53.